The molecule has 0 spiro atoms. The minimum atomic E-state index is -3.34. The Balaban J connectivity index is 1.14. The standard InChI is InChI=1S/C28H31FN8O4S/c1-42(39,40)33-23-8-12-26(13-9-23)41-25-10-2-20(3-11-25)18-36-16-14-24(15-17-36)37(19-27-31-34-35-32-27)28(38)30-22-6-4-21(29)5-7-22/h2-13,24,33H,14-19H2,1H3,(H,30,38)(H,31,32,34,35). The smallest absolute Gasteiger partial charge is 0.322 e. The third kappa shape index (κ3) is 8.24. The number of hydrogen-bond donors (Lipinski definition) is 3. The molecule has 1 saturated heterocycles. The number of nitrogens with one attached hydrogen (secondary N) is 3. The largest absolute Gasteiger partial charge is 0.457 e. The Hall–Kier alpha value is -4.56. The summed E-state index contributed by atoms with van der Waals surface area (Å²) in [5.41, 5.74) is 2.10. The van der Waals surface area contributed by atoms with E-state index in [0.717, 1.165) is 44.3 Å². The van der Waals surface area contributed by atoms with Gasteiger partial charge < -0.3 is 15.0 Å². The van der Waals surface area contributed by atoms with Crippen molar-refractivity contribution in [2.75, 3.05) is 29.4 Å². The van der Waals surface area contributed by atoms with E-state index in [1.165, 1.54) is 24.3 Å². The highest BCUT2D eigenvalue weighted by Gasteiger charge is 2.29. The van der Waals surface area contributed by atoms with Crippen LogP contribution in [0.4, 0.5) is 20.6 Å². The fourth-order valence-corrected chi connectivity index (χ4v) is 5.31. The molecule has 0 atom stereocenters. The van der Waals surface area contributed by atoms with Gasteiger partial charge in [0.15, 0.2) is 5.82 Å². The number of carbonyl (C=O) groups is 1. The van der Waals surface area contributed by atoms with E-state index in [-0.39, 0.29) is 24.4 Å². The van der Waals surface area contributed by atoms with Gasteiger partial charge in [0.1, 0.15) is 17.3 Å². The van der Waals surface area contributed by atoms with Crippen molar-refractivity contribution >= 4 is 27.4 Å². The number of anilines is 2. The number of halogens is 1. The Bertz CT molecular complexity index is 1560. The molecule has 220 valence electrons. The Morgan fingerprint density at radius 2 is 1.62 bits per heavy atom. The maximum Gasteiger partial charge on any atom is 0.322 e. The molecule has 1 aliphatic rings. The van der Waals surface area contributed by atoms with Crippen LogP contribution in [0, 0.1) is 5.82 Å². The zero-order chi connectivity index (χ0) is 29.5. The predicted octanol–water partition coefficient (Wildman–Crippen LogP) is 4.20. The van der Waals surface area contributed by atoms with Crippen molar-refractivity contribution in [3.8, 4) is 11.5 Å². The van der Waals surface area contributed by atoms with Gasteiger partial charge in [0.05, 0.1) is 12.8 Å². The molecular formula is C28H31FN8O4S. The second-order valence-corrected chi connectivity index (χ2v) is 11.8. The first-order valence-electron chi connectivity index (χ1n) is 13.3. The summed E-state index contributed by atoms with van der Waals surface area (Å²) >= 11 is 0. The Kier molecular flexibility index (Phi) is 8.93. The third-order valence-electron chi connectivity index (χ3n) is 6.78. The van der Waals surface area contributed by atoms with E-state index in [0.29, 0.717) is 28.7 Å². The van der Waals surface area contributed by atoms with Gasteiger partial charge in [0, 0.05) is 37.1 Å². The van der Waals surface area contributed by atoms with Crippen LogP contribution in [0.3, 0.4) is 0 Å². The summed E-state index contributed by atoms with van der Waals surface area (Å²) in [6.07, 6.45) is 2.63. The van der Waals surface area contributed by atoms with Crippen LogP contribution in [-0.4, -0.2) is 70.3 Å². The molecule has 0 bridgehead atoms. The van der Waals surface area contributed by atoms with E-state index in [1.807, 2.05) is 24.3 Å². The Morgan fingerprint density at radius 3 is 2.21 bits per heavy atom. The first-order chi connectivity index (χ1) is 20.2. The summed E-state index contributed by atoms with van der Waals surface area (Å²) in [6, 6.07) is 19.8. The lowest BCUT2D eigenvalue weighted by Crippen LogP contribution is -2.48. The van der Waals surface area contributed by atoms with Crippen LogP contribution in [-0.2, 0) is 23.1 Å². The number of sulfonamides is 1. The van der Waals surface area contributed by atoms with E-state index in [4.69, 9.17) is 4.74 Å². The van der Waals surface area contributed by atoms with Crippen molar-refractivity contribution in [1.29, 1.82) is 0 Å². The number of aromatic amines is 1. The van der Waals surface area contributed by atoms with Crippen molar-refractivity contribution in [3.05, 3.63) is 90.0 Å². The molecule has 42 heavy (non-hydrogen) atoms. The number of piperidine rings is 1. The monoisotopic (exact) mass is 594 g/mol. The number of likely N-dealkylation sites (tertiary alicyclic amines) is 1. The zero-order valence-electron chi connectivity index (χ0n) is 22.9. The van der Waals surface area contributed by atoms with E-state index >= 15 is 0 Å². The number of nitrogens with zero attached hydrogens (tertiary/aromatic N) is 5. The van der Waals surface area contributed by atoms with Crippen molar-refractivity contribution < 1.29 is 22.3 Å². The maximum absolute atomic E-state index is 13.3. The number of urea groups is 1. The van der Waals surface area contributed by atoms with Crippen LogP contribution in [0.15, 0.2) is 72.8 Å². The number of amides is 2. The lowest BCUT2D eigenvalue weighted by atomic mass is 10.0. The number of carbonyl (C=O) groups excluding carboxylic acids is 1. The molecule has 3 N–H and O–H groups in total. The van der Waals surface area contributed by atoms with Gasteiger partial charge in [-0.05, 0) is 79.1 Å². The van der Waals surface area contributed by atoms with Crippen molar-refractivity contribution in [3.63, 3.8) is 0 Å². The number of tetrazole rings is 1. The average molecular weight is 595 g/mol. The topological polar surface area (TPSA) is 145 Å². The number of ether oxygens (including phenoxy) is 1. The first-order valence-corrected chi connectivity index (χ1v) is 15.2. The normalized spacial score (nSPS) is 14.3. The van der Waals surface area contributed by atoms with Crippen molar-refractivity contribution in [1.82, 2.24) is 30.4 Å². The van der Waals surface area contributed by atoms with Crippen LogP contribution in [0.1, 0.15) is 24.2 Å². The molecule has 0 aliphatic carbocycles. The second kappa shape index (κ2) is 13.0. The number of rotatable bonds is 10. The van der Waals surface area contributed by atoms with E-state index in [1.54, 1.807) is 29.2 Å². The molecule has 0 saturated carbocycles. The minimum Gasteiger partial charge on any atom is -0.457 e. The molecular weight excluding hydrogens is 563 g/mol. The van der Waals surface area contributed by atoms with Crippen LogP contribution in [0.2, 0.25) is 0 Å². The predicted molar refractivity (Wildman–Crippen MR) is 155 cm³/mol. The molecule has 1 aromatic heterocycles. The quantitative estimate of drug-likeness (QED) is 0.248. The molecule has 2 amide bonds. The van der Waals surface area contributed by atoms with Gasteiger partial charge in [-0.3, -0.25) is 9.62 Å². The Morgan fingerprint density at radius 1 is 1.00 bits per heavy atom. The summed E-state index contributed by atoms with van der Waals surface area (Å²) in [6.45, 7) is 2.55. The molecule has 1 aliphatic heterocycles. The van der Waals surface area contributed by atoms with Crippen LogP contribution in [0.25, 0.3) is 0 Å². The van der Waals surface area contributed by atoms with Crippen molar-refractivity contribution in [2.24, 2.45) is 0 Å². The van der Waals surface area contributed by atoms with E-state index < -0.39 is 10.0 Å². The molecule has 2 heterocycles. The van der Waals surface area contributed by atoms with Crippen LogP contribution < -0.4 is 14.8 Å². The van der Waals surface area contributed by atoms with Gasteiger partial charge in [0.2, 0.25) is 10.0 Å². The fourth-order valence-electron chi connectivity index (χ4n) is 4.75. The summed E-state index contributed by atoms with van der Waals surface area (Å²) in [7, 11) is -3.34. The molecule has 3 aromatic carbocycles. The average Bonchev–Trinajstić information content (AvgIpc) is 3.48. The highest BCUT2D eigenvalue weighted by atomic mass is 32.2. The number of hydrogen-bond acceptors (Lipinski definition) is 8. The molecule has 5 rings (SSSR count). The molecule has 4 aromatic rings. The fraction of sp³-hybridized carbons (Fsp3) is 0.286. The van der Waals surface area contributed by atoms with E-state index in [9.17, 15) is 17.6 Å². The zero-order valence-corrected chi connectivity index (χ0v) is 23.7. The lowest BCUT2D eigenvalue weighted by molar-refractivity contribution is 0.118. The molecule has 0 unspecified atom stereocenters. The summed E-state index contributed by atoms with van der Waals surface area (Å²) in [5, 5.41) is 16.9. The second-order valence-electron chi connectivity index (χ2n) is 10.0. The summed E-state index contributed by atoms with van der Waals surface area (Å²) in [4.78, 5) is 17.3. The van der Waals surface area contributed by atoms with Crippen molar-refractivity contribution in [2.45, 2.75) is 32.0 Å². The van der Waals surface area contributed by atoms with Gasteiger partial charge in [-0.25, -0.2) is 17.6 Å². The summed E-state index contributed by atoms with van der Waals surface area (Å²) < 4.78 is 44.4. The number of benzene rings is 3. The highest BCUT2D eigenvalue weighted by Crippen LogP contribution is 2.25. The SMILES string of the molecule is CS(=O)(=O)Nc1ccc(Oc2ccc(CN3CCC(N(Cc4nn[nH]n4)C(=O)Nc4ccc(F)cc4)CC3)cc2)cc1. The Labute approximate surface area is 242 Å². The lowest BCUT2D eigenvalue weighted by Gasteiger charge is -2.38. The van der Waals surface area contributed by atoms with Gasteiger partial charge >= 0.3 is 6.03 Å². The van der Waals surface area contributed by atoms with Crippen LogP contribution >= 0.6 is 0 Å². The third-order valence-corrected chi connectivity index (χ3v) is 7.38. The molecule has 14 heteroatoms. The highest BCUT2D eigenvalue weighted by molar-refractivity contribution is 7.92. The maximum atomic E-state index is 13.3. The first kappa shape index (κ1) is 29.0. The summed E-state index contributed by atoms with van der Waals surface area (Å²) in [5.74, 6) is 1.31. The van der Waals surface area contributed by atoms with Gasteiger partial charge in [0.25, 0.3) is 0 Å². The number of aromatic nitrogens is 4. The minimum absolute atomic E-state index is 0.0324. The van der Waals surface area contributed by atoms with E-state index in [2.05, 4.69) is 35.6 Å². The number of H-pyrrole nitrogens is 1. The van der Waals surface area contributed by atoms with Gasteiger partial charge in [-0.15, -0.1) is 10.2 Å². The van der Waals surface area contributed by atoms with Gasteiger partial charge in [-0.2, -0.15) is 5.21 Å². The molecule has 1 fully saturated rings. The molecule has 12 nitrogen and oxygen atoms in total. The molecule has 0 radical (unpaired) electrons. The van der Waals surface area contributed by atoms with Crippen LogP contribution in [0.5, 0.6) is 11.5 Å². The van der Waals surface area contributed by atoms with Gasteiger partial charge in [-0.1, -0.05) is 17.3 Å².